The van der Waals surface area contributed by atoms with Crippen molar-refractivity contribution in [1.82, 2.24) is 4.31 Å². The maximum atomic E-state index is 12.7. The number of sulfonamides is 1. The van der Waals surface area contributed by atoms with E-state index in [9.17, 15) is 13.5 Å². The van der Waals surface area contributed by atoms with Crippen LogP contribution in [-0.2, 0) is 10.0 Å². The molecular weight excluding hydrogens is 276 g/mol. The molecule has 0 aromatic heterocycles. The van der Waals surface area contributed by atoms with Gasteiger partial charge in [0.25, 0.3) is 0 Å². The minimum absolute atomic E-state index is 0.0152. The summed E-state index contributed by atoms with van der Waals surface area (Å²) >= 11 is 0. The van der Waals surface area contributed by atoms with Crippen molar-refractivity contribution in [1.29, 1.82) is 5.26 Å². The normalized spacial score (nSPS) is 24.2. The van der Waals surface area contributed by atoms with Crippen LogP contribution in [0.1, 0.15) is 25.3 Å². The predicted molar refractivity (Wildman–Crippen MR) is 74.3 cm³/mol. The molecule has 1 heterocycles. The number of benzene rings is 1. The molecule has 0 radical (unpaired) electrons. The van der Waals surface area contributed by atoms with Crippen molar-refractivity contribution in [2.75, 3.05) is 13.2 Å². The average molecular weight is 294 g/mol. The molecule has 1 aromatic carbocycles. The maximum absolute atomic E-state index is 12.7. The second-order valence-corrected chi connectivity index (χ2v) is 7.02. The maximum Gasteiger partial charge on any atom is 0.244 e. The van der Waals surface area contributed by atoms with Gasteiger partial charge in [0.05, 0.1) is 10.5 Å². The van der Waals surface area contributed by atoms with E-state index in [0.29, 0.717) is 6.54 Å². The molecule has 108 valence electrons. The Labute approximate surface area is 119 Å². The molecule has 2 unspecified atom stereocenters. The van der Waals surface area contributed by atoms with Crippen LogP contribution in [0.25, 0.3) is 0 Å². The van der Waals surface area contributed by atoms with Crippen molar-refractivity contribution in [3.63, 3.8) is 0 Å². The lowest BCUT2D eigenvalue weighted by Gasteiger charge is -2.36. The van der Waals surface area contributed by atoms with E-state index in [-0.39, 0.29) is 29.0 Å². The Balaban J connectivity index is 2.41. The highest BCUT2D eigenvalue weighted by atomic mass is 32.2. The van der Waals surface area contributed by atoms with Gasteiger partial charge in [-0.05, 0) is 37.8 Å². The summed E-state index contributed by atoms with van der Waals surface area (Å²) in [5.74, 6) is -0.0322. The predicted octanol–water partition coefficient (Wildman–Crippen LogP) is 1.34. The largest absolute Gasteiger partial charge is 0.396 e. The first kappa shape index (κ1) is 15.0. The van der Waals surface area contributed by atoms with Gasteiger partial charge in [0, 0.05) is 19.2 Å². The Morgan fingerprint density at radius 3 is 2.75 bits per heavy atom. The molecule has 0 amide bonds. The molecule has 5 nitrogen and oxygen atoms in total. The van der Waals surface area contributed by atoms with Gasteiger partial charge in [-0.2, -0.15) is 9.57 Å². The summed E-state index contributed by atoms with van der Waals surface area (Å²) in [6.07, 6.45) is 1.54. The number of hydrogen-bond acceptors (Lipinski definition) is 4. The van der Waals surface area contributed by atoms with Crippen LogP contribution in [0.15, 0.2) is 29.2 Å². The highest BCUT2D eigenvalue weighted by Crippen LogP contribution is 2.29. The van der Waals surface area contributed by atoms with Gasteiger partial charge in [-0.3, -0.25) is 0 Å². The van der Waals surface area contributed by atoms with E-state index in [4.69, 9.17) is 5.26 Å². The molecule has 20 heavy (non-hydrogen) atoms. The van der Waals surface area contributed by atoms with E-state index in [2.05, 4.69) is 0 Å². The van der Waals surface area contributed by atoms with Gasteiger partial charge in [0.2, 0.25) is 10.0 Å². The summed E-state index contributed by atoms with van der Waals surface area (Å²) in [5, 5.41) is 18.3. The van der Waals surface area contributed by atoms with Crippen LogP contribution in [0.4, 0.5) is 0 Å². The molecule has 0 spiro atoms. The fourth-order valence-electron chi connectivity index (χ4n) is 2.54. The van der Waals surface area contributed by atoms with Gasteiger partial charge in [-0.15, -0.1) is 0 Å². The second-order valence-electron chi connectivity index (χ2n) is 5.16. The van der Waals surface area contributed by atoms with Crippen molar-refractivity contribution >= 4 is 10.0 Å². The number of aliphatic hydroxyl groups is 1. The van der Waals surface area contributed by atoms with Gasteiger partial charge in [0.15, 0.2) is 0 Å². The standard InChI is InChI=1S/C14H18N2O3S/c1-11-6-7-12(10-17)9-16(11)20(18,19)14-5-3-2-4-13(14)8-15/h2-5,11-12,17H,6-7,9-10H2,1H3. The molecule has 1 aromatic rings. The lowest BCUT2D eigenvalue weighted by molar-refractivity contribution is 0.139. The van der Waals surface area contributed by atoms with Gasteiger partial charge >= 0.3 is 0 Å². The zero-order valence-corrected chi connectivity index (χ0v) is 12.2. The van der Waals surface area contributed by atoms with E-state index in [0.717, 1.165) is 12.8 Å². The molecular formula is C14H18N2O3S. The first-order valence-electron chi connectivity index (χ1n) is 6.62. The SMILES string of the molecule is CC1CCC(CO)CN1S(=O)(=O)c1ccccc1C#N. The highest BCUT2D eigenvalue weighted by molar-refractivity contribution is 7.89. The van der Waals surface area contributed by atoms with E-state index in [1.165, 1.54) is 16.4 Å². The Bertz CT molecular complexity index is 622. The Morgan fingerprint density at radius 1 is 1.40 bits per heavy atom. The lowest BCUT2D eigenvalue weighted by Crippen LogP contribution is -2.46. The van der Waals surface area contributed by atoms with E-state index in [1.54, 1.807) is 12.1 Å². The minimum Gasteiger partial charge on any atom is -0.396 e. The van der Waals surface area contributed by atoms with Crippen molar-refractivity contribution in [3.8, 4) is 6.07 Å². The lowest BCUT2D eigenvalue weighted by atomic mass is 9.96. The molecule has 1 saturated heterocycles. The summed E-state index contributed by atoms with van der Waals surface area (Å²) < 4.78 is 26.9. The van der Waals surface area contributed by atoms with Crippen molar-refractivity contribution in [2.45, 2.75) is 30.7 Å². The van der Waals surface area contributed by atoms with Crippen LogP contribution in [-0.4, -0.2) is 37.0 Å². The molecule has 0 saturated carbocycles. The molecule has 1 fully saturated rings. The molecule has 0 aliphatic carbocycles. The molecule has 1 aliphatic rings. The van der Waals surface area contributed by atoms with Crippen molar-refractivity contribution < 1.29 is 13.5 Å². The summed E-state index contributed by atoms with van der Waals surface area (Å²) in [6.45, 7) is 2.15. The van der Waals surface area contributed by atoms with Crippen LogP contribution in [0.3, 0.4) is 0 Å². The minimum atomic E-state index is -3.70. The van der Waals surface area contributed by atoms with Crippen molar-refractivity contribution in [2.24, 2.45) is 5.92 Å². The fourth-order valence-corrected chi connectivity index (χ4v) is 4.42. The second kappa shape index (κ2) is 5.92. The van der Waals surface area contributed by atoms with Gasteiger partial charge < -0.3 is 5.11 Å². The smallest absolute Gasteiger partial charge is 0.244 e. The number of nitrogens with zero attached hydrogens (tertiary/aromatic N) is 2. The van der Waals surface area contributed by atoms with E-state index >= 15 is 0 Å². The fraction of sp³-hybridized carbons (Fsp3) is 0.500. The Kier molecular flexibility index (Phi) is 4.43. The third-order valence-electron chi connectivity index (χ3n) is 3.77. The molecule has 1 N–H and O–H groups in total. The summed E-state index contributed by atoms with van der Waals surface area (Å²) in [5.41, 5.74) is 0.158. The van der Waals surface area contributed by atoms with Gasteiger partial charge in [-0.25, -0.2) is 8.42 Å². The molecule has 6 heteroatoms. The Morgan fingerprint density at radius 2 is 2.10 bits per heavy atom. The van der Waals surface area contributed by atoms with Crippen LogP contribution < -0.4 is 0 Å². The van der Waals surface area contributed by atoms with E-state index in [1.807, 2.05) is 13.0 Å². The average Bonchev–Trinajstić information content (AvgIpc) is 2.47. The summed E-state index contributed by atoms with van der Waals surface area (Å²) in [7, 11) is -3.70. The molecule has 1 aliphatic heterocycles. The number of hydrogen-bond donors (Lipinski definition) is 1. The molecule has 2 rings (SSSR count). The van der Waals surface area contributed by atoms with E-state index < -0.39 is 10.0 Å². The highest BCUT2D eigenvalue weighted by Gasteiger charge is 2.35. The van der Waals surface area contributed by atoms with Crippen molar-refractivity contribution in [3.05, 3.63) is 29.8 Å². The van der Waals surface area contributed by atoms with Crippen LogP contribution in [0.5, 0.6) is 0 Å². The topological polar surface area (TPSA) is 81.4 Å². The third-order valence-corrected chi connectivity index (χ3v) is 5.81. The van der Waals surface area contributed by atoms with Gasteiger partial charge in [0.1, 0.15) is 6.07 Å². The zero-order chi connectivity index (χ0) is 14.8. The monoisotopic (exact) mass is 294 g/mol. The first-order valence-corrected chi connectivity index (χ1v) is 8.06. The summed E-state index contributed by atoms with van der Waals surface area (Å²) in [4.78, 5) is 0.0490. The third kappa shape index (κ3) is 2.70. The number of piperidine rings is 1. The Hall–Kier alpha value is -1.42. The first-order chi connectivity index (χ1) is 9.50. The van der Waals surface area contributed by atoms with Crippen LogP contribution >= 0.6 is 0 Å². The molecule has 2 atom stereocenters. The number of aliphatic hydroxyl groups excluding tert-OH is 1. The van der Waals surface area contributed by atoms with Crippen LogP contribution in [0.2, 0.25) is 0 Å². The number of nitriles is 1. The quantitative estimate of drug-likeness (QED) is 0.912. The van der Waals surface area contributed by atoms with Gasteiger partial charge in [-0.1, -0.05) is 12.1 Å². The molecule has 0 bridgehead atoms. The van der Waals surface area contributed by atoms with Crippen LogP contribution in [0, 0.1) is 17.2 Å². The summed E-state index contributed by atoms with van der Waals surface area (Å²) in [6, 6.07) is 8.04. The number of rotatable bonds is 3. The zero-order valence-electron chi connectivity index (χ0n) is 11.4.